The summed E-state index contributed by atoms with van der Waals surface area (Å²) in [4.78, 5) is 0. The summed E-state index contributed by atoms with van der Waals surface area (Å²) in [5, 5.41) is 12.2. The molecular formula is C14H16F2N2O2. The molecule has 0 radical (unpaired) electrons. The lowest BCUT2D eigenvalue weighted by atomic mass is 10.1. The number of hydrogen-bond acceptors (Lipinski definition) is 4. The van der Waals surface area contributed by atoms with Crippen molar-refractivity contribution < 1.29 is 18.3 Å². The molecule has 0 aromatic heterocycles. The number of benzene rings is 1. The van der Waals surface area contributed by atoms with Crippen molar-refractivity contribution in [2.24, 2.45) is 0 Å². The monoisotopic (exact) mass is 282 g/mol. The molecule has 1 aliphatic rings. The molecule has 1 saturated heterocycles. The first-order valence-corrected chi connectivity index (χ1v) is 6.49. The molecule has 1 aromatic carbocycles. The second kappa shape index (κ2) is 7.17. The Bertz CT molecular complexity index is 470. The third-order valence-corrected chi connectivity index (χ3v) is 3.15. The number of ether oxygens (including phenoxy) is 2. The standard InChI is InChI=1S/C14H16F2N2O2/c15-14(16)20-13-6-2-1-5-11(13)12(8-17)18-9-10-4-3-7-19-10/h1-2,5-6,10,12,14,18H,3-4,7,9H2. The molecule has 108 valence electrons. The lowest BCUT2D eigenvalue weighted by Gasteiger charge is -2.18. The molecular weight excluding hydrogens is 266 g/mol. The van der Waals surface area contributed by atoms with Crippen molar-refractivity contribution in [1.29, 1.82) is 5.26 Å². The van der Waals surface area contributed by atoms with Crippen LogP contribution >= 0.6 is 0 Å². The second-order valence-electron chi connectivity index (χ2n) is 4.52. The van der Waals surface area contributed by atoms with Crippen LogP contribution in [0.25, 0.3) is 0 Å². The molecule has 0 aliphatic carbocycles. The molecule has 2 rings (SSSR count). The average molecular weight is 282 g/mol. The van der Waals surface area contributed by atoms with Crippen molar-refractivity contribution >= 4 is 0 Å². The average Bonchev–Trinajstić information content (AvgIpc) is 2.94. The maximum atomic E-state index is 12.4. The number of halogens is 2. The normalized spacial score (nSPS) is 19.8. The fraction of sp³-hybridized carbons (Fsp3) is 0.500. The second-order valence-corrected chi connectivity index (χ2v) is 4.52. The molecule has 1 heterocycles. The van der Waals surface area contributed by atoms with E-state index >= 15 is 0 Å². The number of alkyl halides is 2. The van der Waals surface area contributed by atoms with Gasteiger partial charge in [-0.05, 0) is 18.9 Å². The van der Waals surface area contributed by atoms with Gasteiger partial charge in [-0.3, -0.25) is 5.32 Å². The minimum Gasteiger partial charge on any atom is -0.434 e. The number of nitrogens with one attached hydrogen (secondary N) is 1. The summed E-state index contributed by atoms with van der Waals surface area (Å²) in [6.45, 7) is -1.66. The molecule has 1 fully saturated rings. The summed E-state index contributed by atoms with van der Waals surface area (Å²) in [5.74, 6) is 0.0221. The van der Waals surface area contributed by atoms with Gasteiger partial charge in [0.05, 0.1) is 12.2 Å². The van der Waals surface area contributed by atoms with Gasteiger partial charge in [0.1, 0.15) is 11.8 Å². The van der Waals surface area contributed by atoms with E-state index in [-0.39, 0.29) is 11.9 Å². The minimum absolute atomic E-state index is 0.0221. The van der Waals surface area contributed by atoms with Crippen LogP contribution < -0.4 is 10.1 Å². The van der Waals surface area contributed by atoms with Crippen molar-refractivity contribution in [3.05, 3.63) is 29.8 Å². The van der Waals surface area contributed by atoms with Crippen LogP contribution in [-0.4, -0.2) is 25.9 Å². The first kappa shape index (κ1) is 14.7. The van der Waals surface area contributed by atoms with Crippen LogP contribution in [0.5, 0.6) is 5.75 Å². The van der Waals surface area contributed by atoms with Crippen molar-refractivity contribution in [2.75, 3.05) is 13.2 Å². The SMILES string of the molecule is N#CC(NCC1CCCO1)c1ccccc1OC(F)F. The number of nitrogens with zero attached hydrogens (tertiary/aromatic N) is 1. The van der Waals surface area contributed by atoms with Gasteiger partial charge >= 0.3 is 6.61 Å². The van der Waals surface area contributed by atoms with Crippen LogP contribution in [0.2, 0.25) is 0 Å². The Labute approximate surface area is 116 Å². The van der Waals surface area contributed by atoms with Gasteiger partial charge in [0.25, 0.3) is 0 Å². The van der Waals surface area contributed by atoms with E-state index in [0.717, 1.165) is 19.4 Å². The van der Waals surface area contributed by atoms with Gasteiger partial charge in [-0.25, -0.2) is 0 Å². The molecule has 1 aliphatic heterocycles. The molecule has 4 nitrogen and oxygen atoms in total. The van der Waals surface area contributed by atoms with Crippen molar-refractivity contribution in [2.45, 2.75) is 31.6 Å². The van der Waals surface area contributed by atoms with Crippen LogP contribution in [0, 0.1) is 11.3 Å². The number of rotatable bonds is 6. The van der Waals surface area contributed by atoms with E-state index in [1.54, 1.807) is 18.2 Å². The first-order chi connectivity index (χ1) is 9.70. The zero-order chi connectivity index (χ0) is 14.4. The van der Waals surface area contributed by atoms with E-state index in [1.165, 1.54) is 6.07 Å². The van der Waals surface area contributed by atoms with Crippen LogP contribution in [0.3, 0.4) is 0 Å². The van der Waals surface area contributed by atoms with E-state index in [0.29, 0.717) is 12.1 Å². The predicted octanol–water partition coefficient (Wildman–Crippen LogP) is 2.62. The maximum Gasteiger partial charge on any atom is 0.387 e. The quantitative estimate of drug-likeness (QED) is 0.871. The Morgan fingerprint density at radius 1 is 1.45 bits per heavy atom. The molecule has 1 N–H and O–H groups in total. The van der Waals surface area contributed by atoms with E-state index in [1.807, 2.05) is 0 Å². The van der Waals surface area contributed by atoms with E-state index in [4.69, 9.17) is 4.74 Å². The van der Waals surface area contributed by atoms with Gasteiger partial charge < -0.3 is 9.47 Å². The predicted molar refractivity (Wildman–Crippen MR) is 68.4 cm³/mol. The van der Waals surface area contributed by atoms with Crippen molar-refractivity contribution in [1.82, 2.24) is 5.32 Å². The Balaban J connectivity index is 2.04. The highest BCUT2D eigenvalue weighted by Gasteiger charge is 2.21. The summed E-state index contributed by atoms with van der Waals surface area (Å²) in [6.07, 6.45) is 2.03. The molecule has 6 heteroatoms. The van der Waals surface area contributed by atoms with Crippen LogP contribution in [0.1, 0.15) is 24.4 Å². The molecule has 1 aromatic rings. The number of hydrogen-bond donors (Lipinski definition) is 1. The Morgan fingerprint density at radius 2 is 2.25 bits per heavy atom. The third kappa shape index (κ3) is 3.89. The van der Waals surface area contributed by atoms with Gasteiger partial charge in [-0.1, -0.05) is 18.2 Å². The minimum atomic E-state index is -2.91. The highest BCUT2D eigenvalue weighted by Crippen LogP contribution is 2.26. The molecule has 0 amide bonds. The smallest absolute Gasteiger partial charge is 0.387 e. The first-order valence-electron chi connectivity index (χ1n) is 6.49. The van der Waals surface area contributed by atoms with E-state index < -0.39 is 12.7 Å². The molecule has 20 heavy (non-hydrogen) atoms. The molecule has 2 unspecified atom stereocenters. The van der Waals surface area contributed by atoms with Crippen LogP contribution in [0.4, 0.5) is 8.78 Å². The highest BCUT2D eigenvalue weighted by molar-refractivity contribution is 5.38. The van der Waals surface area contributed by atoms with Gasteiger partial charge in [0.2, 0.25) is 0 Å². The Hall–Kier alpha value is -1.71. The summed E-state index contributed by atoms with van der Waals surface area (Å²) >= 11 is 0. The fourth-order valence-electron chi connectivity index (χ4n) is 2.20. The molecule has 2 atom stereocenters. The van der Waals surface area contributed by atoms with E-state index in [2.05, 4.69) is 16.1 Å². The maximum absolute atomic E-state index is 12.4. The van der Waals surface area contributed by atoms with Crippen LogP contribution in [-0.2, 0) is 4.74 Å². The van der Waals surface area contributed by atoms with Crippen molar-refractivity contribution in [3.63, 3.8) is 0 Å². The number of para-hydroxylation sites is 1. The van der Waals surface area contributed by atoms with Crippen LogP contribution in [0.15, 0.2) is 24.3 Å². The summed E-state index contributed by atoms with van der Waals surface area (Å²) in [7, 11) is 0. The summed E-state index contributed by atoms with van der Waals surface area (Å²) in [5.41, 5.74) is 0.410. The Morgan fingerprint density at radius 3 is 2.90 bits per heavy atom. The third-order valence-electron chi connectivity index (χ3n) is 3.15. The van der Waals surface area contributed by atoms with Gasteiger partial charge in [0.15, 0.2) is 0 Å². The Kier molecular flexibility index (Phi) is 5.27. The van der Waals surface area contributed by atoms with Gasteiger partial charge in [-0.15, -0.1) is 0 Å². The van der Waals surface area contributed by atoms with Crippen molar-refractivity contribution in [3.8, 4) is 11.8 Å². The lowest BCUT2D eigenvalue weighted by molar-refractivity contribution is -0.0506. The zero-order valence-electron chi connectivity index (χ0n) is 10.9. The zero-order valence-corrected chi connectivity index (χ0v) is 10.9. The van der Waals surface area contributed by atoms with Gasteiger partial charge in [-0.2, -0.15) is 14.0 Å². The van der Waals surface area contributed by atoms with Gasteiger partial charge in [0, 0.05) is 18.7 Å². The summed E-state index contributed by atoms with van der Waals surface area (Å²) in [6, 6.07) is 7.68. The topological polar surface area (TPSA) is 54.3 Å². The lowest BCUT2D eigenvalue weighted by Crippen LogP contribution is -2.29. The highest BCUT2D eigenvalue weighted by atomic mass is 19.3. The van der Waals surface area contributed by atoms with E-state index in [9.17, 15) is 14.0 Å². The molecule has 0 saturated carbocycles. The fourth-order valence-corrected chi connectivity index (χ4v) is 2.20. The number of nitriles is 1. The molecule has 0 spiro atoms. The largest absolute Gasteiger partial charge is 0.434 e. The summed E-state index contributed by atoms with van der Waals surface area (Å²) < 4.78 is 34.6. The molecule has 0 bridgehead atoms.